The number of nitrogens with zero attached hydrogens (tertiary/aromatic N) is 1. The number of urea groups is 1. The molecule has 1 atom stereocenters. The third-order valence-electron chi connectivity index (χ3n) is 3.54. The SMILES string of the molecule is CCC(CC)CN(CC)C(=O)NC(CC)CC(=O)O. The van der Waals surface area contributed by atoms with E-state index < -0.39 is 5.97 Å². The Morgan fingerprint density at radius 1 is 1.11 bits per heavy atom. The zero-order valence-corrected chi connectivity index (χ0v) is 12.6. The molecule has 0 saturated heterocycles. The van der Waals surface area contributed by atoms with E-state index in [1.165, 1.54) is 0 Å². The minimum Gasteiger partial charge on any atom is -0.481 e. The van der Waals surface area contributed by atoms with Gasteiger partial charge in [-0.3, -0.25) is 4.79 Å². The molecule has 0 aliphatic carbocycles. The number of carboxylic acid groups (broad SMARTS) is 1. The van der Waals surface area contributed by atoms with Crippen LogP contribution in [0.25, 0.3) is 0 Å². The third-order valence-corrected chi connectivity index (χ3v) is 3.54. The van der Waals surface area contributed by atoms with Gasteiger partial charge in [-0.1, -0.05) is 33.6 Å². The van der Waals surface area contributed by atoms with E-state index in [4.69, 9.17) is 5.11 Å². The number of nitrogens with one attached hydrogen (secondary N) is 1. The number of amides is 2. The summed E-state index contributed by atoms with van der Waals surface area (Å²) in [7, 11) is 0. The van der Waals surface area contributed by atoms with Crippen LogP contribution in [0.1, 0.15) is 53.4 Å². The van der Waals surface area contributed by atoms with Crippen LogP contribution in [-0.4, -0.2) is 41.1 Å². The van der Waals surface area contributed by atoms with Gasteiger partial charge in [0.05, 0.1) is 6.42 Å². The Balaban J connectivity index is 4.44. The molecule has 0 aromatic carbocycles. The summed E-state index contributed by atoms with van der Waals surface area (Å²) in [5, 5.41) is 11.6. The van der Waals surface area contributed by atoms with E-state index in [0.29, 0.717) is 18.9 Å². The van der Waals surface area contributed by atoms with Gasteiger partial charge in [0.25, 0.3) is 0 Å². The Morgan fingerprint density at radius 2 is 1.68 bits per heavy atom. The molecular weight excluding hydrogens is 244 g/mol. The second kappa shape index (κ2) is 9.64. The lowest BCUT2D eigenvalue weighted by atomic mass is 10.0. The van der Waals surface area contributed by atoms with Crippen molar-refractivity contribution in [1.82, 2.24) is 10.2 Å². The van der Waals surface area contributed by atoms with Gasteiger partial charge in [0.1, 0.15) is 0 Å². The Labute approximate surface area is 116 Å². The Hall–Kier alpha value is -1.26. The summed E-state index contributed by atoms with van der Waals surface area (Å²) < 4.78 is 0. The van der Waals surface area contributed by atoms with Crippen LogP contribution in [0.2, 0.25) is 0 Å². The van der Waals surface area contributed by atoms with Crippen molar-refractivity contribution in [3.8, 4) is 0 Å². The topological polar surface area (TPSA) is 69.6 Å². The molecule has 0 aliphatic rings. The van der Waals surface area contributed by atoms with E-state index in [1.54, 1.807) is 4.90 Å². The molecule has 0 fully saturated rings. The number of carbonyl (C=O) groups excluding carboxylic acids is 1. The van der Waals surface area contributed by atoms with Gasteiger partial charge in [-0.05, 0) is 19.3 Å². The molecule has 112 valence electrons. The van der Waals surface area contributed by atoms with Crippen LogP contribution >= 0.6 is 0 Å². The van der Waals surface area contributed by atoms with Crippen LogP contribution in [0.15, 0.2) is 0 Å². The first kappa shape index (κ1) is 17.7. The highest BCUT2D eigenvalue weighted by Gasteiger charge is 2.19. The molecule has 0 spiro atoms. The van der Waals surface area contributed by atoms with Crippen LogP contribution in [-0.2, 0) is 4.79 Å². The van der Waals surface area contributed by atoms with Crippen molar-refractivity contribution >= 4 is 12.0 Å². The molecule has 2 amide bonds. The normalized spacial score (nSPS) is 12.3. The van der Waals surface area contributed by atoms with E-state index in [2.05, 4.69) is 19.2 Å². The molecule has 0 bridgehead atoms. The first-order valence-corrected chi connectivity index (χ1v) is 7.25. The fourth-order valence-electron chi connectivity index (χ4n) is 1.99. The number of hydrogen-bond acceptors (Lipinski definition) is 2. The van der Waals surface area contributed by atoms with E-state index >= 15 is 0 Å². The van der Waals surface area contributed by atoms with Gasteiger partial charge in [0.15, 0.2) is 0 Å². The Morgan fingerprint density at radius 3 is 2.05 bits per heavy atom. The molecule has 2 N–H and O–H groups in total. The number of aliphatic carboxylic acids is 1. The summed E-state index contributed by atoms with van der Waals surface area (Å²) in [5.41, 5.74) is 0. The first-order valence-electron chi connectivity index (χ1n) is 7.25. The summed E-state index contributed by atoms with van der Waals surface area (Å²) in [5.74, 6) is -0.375. The van der Waals surface area contributed by atoms with Crippen LogP contribution in [0.5, 0.6) is 0 Å². The lowest BCUT2D eigenvalue weighted by Crippen LogP contribution is -2.46. The van der Waals surface area contributed by atoms with Gasteiger partial charge in [0, 0.05) is 19.1 Å². The van der Waals surface area contributed by atoms with Crippen molar-refractivity contribution < 1.29 is 14.7 Å². The highest BCUT2D eigenvalue weighted by atomic mass is 16.4. The van der Waals surface area contributed by atoms with Crippen LogP contribution in [0, 0.1) is 5.92 Å². The maximum atomic E-state index is 12.1. The number of carboxylic acids is 1. The molecule has 0 aromatic heterocycles. The highest BCUT2D eigenvalue weighted by molar-refractivity contribution is 5.75. The second-order valence-corrected chi connectivity index (χ2v) is 4.87. The van der Waals surface area contributed by atoms with Gasteiger partial charge in [-0.2, -0.15) is 0 Å². The molecule has 1 unspecified atom stereocenters. The van der Waals surface area contributed by atoms with Gasteiger partial charge < -0.3 is 15.3 Å². The average molecular weight is 272 g/mol. The summed E-state index contributed by atoms with van der Waals surface area (Å²) in [6, 6.07) is -0.441. The molecule has 0 heterocycles. The number of rotatable bonds is 9. The molecule has 5 nitrogen and oxygen atoms in total. The fourth-order valence-corrected chi connectivity index (χ4v) is 1.99. The third kappa shape index (κ3) is 7.03. The molecule has 0 saturated carbocycles. The predicted molar refractivity (Wildman–Crippen MR) is 76.2 cm³/mol. The van der Waals surface area contributed by atoms with Crippen molar-refractivity contribution in [2.24, 2.45) is 5.92 Å². The highest BCUT2D eigenvalue weighted by Crippen LogP contribution is 2.10. The van der Waals surface area contributed by atoms with E-state index in [9.17, 15) is 9.59 Å². The lowest BCUT2D eigenvalue weighted by Gasteiger charge is -2.27. The molecule has 0 aromatic rings. The minimum absolute atomic E-state index is 0.0230. The smallest absolute Gasteiger partial charge is 0.317 e. The van der Waals surface area contributed by atoms with E-state index in [1.807, 2.05) is 13.8 Å². The molecule has 0 radical (unpaired) electrons. The molecule has 0 aliphatic heterocycles. The molecule has 0 rings (SSSR count). The van der Waals surface area contributed by atoms with Gasteiger partial charge in [-0.25, -0.2) is 4.79 Å². The second-order valence-electron chi connectivity index (χ2n) is 4.87. The number of carbonyl (C=O) groups is 2. The summed E-state index contributed by atoms with van der Waals surface area (Å²) in [6.07, 6.45) is 2.70. The van der Waals surface area contributed by atoms with Crippen LogP contribution < -0.4 is 5.32 Å². The number of hydrogen-bond donors (Lipinski definition) is 2. The molecule has 5 heteroatoms. The zero-order chi connectivity index (χ0) is 14.8. The monoisotopic (exact) mass is 272 g/mol. The van der Waals surface area contributed by atoms with Crippen molar-refractivity contribution in [2.75, 3.05) is 13.1 Å². The van der Waals surface area contributed by atoms with Crippen molar-refractivity contribution in [3.05, 3.63) is 0 Å². The quantitative estimate of drug-likeness (QED) is 0.678. The van der Waals surface area contributed by atoms with Gasteiger partial charge in [-0.15, -0.1) is 0 Å². The standard InChI is InChI=1S/C14H28N2O3/c1-5-11(6-2)10-16(8-4)14(19)15-12(7-3)9-13(17)18/h11-12H,5-10H2,1-4H3,(H,15,19)(H,17,18). The summed E-state index contributed by atoms with van der Waals surface area (Å²) in [4.78, 5) is 24.6. The van der Waals surface area contributed by atoms with Gasteiger partial charge >= 0.3 is 12.0 Å². The van der Waals surface area contributed by atoms with Crippen molar-refractivity contribution in [1.29, 1.82) is 0 Å². The minimum atomic E-state index is -0.879. The summed E-state index contributed by atoms with van der Waals surface area (Å²) >= 11 is 0. The lowest BCUT2D eigenvalue weighted by molar-refractivity contribution is -0.137. The Bertz CT molecular complexity index is 278. The fraction of sp³-hybridized carbons (Fsp3) is 0.857. The van der Waals surface area contributed by atoms with Crippen molar-refractivity contribution in [2.45, 2.75) is 59.4 Å². The van der Waals surface area contributed by atoms with Crippen LogP contribution in [0.4, 0.5) is 4.79 Å². The maximum absolute atomic E-state index is 12.1. The molecule has 19 heavy (non-hydrogen) atoms. The first-order chi connectivity index (χ1) is 8.98. The predicted octanol–water partition coefficient (Wildman–Crippen LogP) is 2.71. The summed E-state index contributed by atoms with van der Waals surface area (Å²) in [6.45, 7) is 9.45. The average Bonchev–Trinajstić information content (AvgIpc) is 2.38. The van der Waals surface area contributed by atoms with Crippen LogP contribution in [0.3, 0.4) is 0 Å². The van der Waals surface area contributed by atoms with E-state index in [0.717, 1.165) is 19.4 Å². The Kier molecular flexibility index (Phi) is 9.00. The van der Waals surface area contributed by atoms with Gasteiger partial charge in [0.2, 0.25) is 0 Å². The maximum Gasteiger partial charge on any atom is 0.317 e. The van der Waals surface area contributed by atoms with E-state index in [-0.39, 0.29) is 18.5 Å². The van der Waals surface area contributed by atoms with Crippen molar-refractivity contribution in [3.63, 3.8) is 0 Å². The largest absolute Gasteiger partial charge is 0.481 e. The molecular formula is C14H28N2O3. The zero-order valence-electron chi connectivity index (χ0n) is 12.6.